The average Bonchev–Trinajstić information content (AvgIpc) is 3.47. The van der Waals surface area contributed by atoms with Crippen LogP contribution in [0.1, 0.15) is 61.8 Å². The quantitative estimate of drug-likeness (QED) is 0.468. The molecule has 0 saturated heterocycles. The summed E-state index contributed by atoms with van der Waals surface area (Å²) in [6, 6.07) is 17.4. The molecule has 0 spiro atoms. The van der Waals surface area contributed by atoms with Gasteiger partial charge in [-0.15, -0.1) is 0 Å². The van der Waals surface area contributed by atoms with Crippen molar-refractivity contribution >= 4 is 12.2 Å². The first-order valence-electron chi connectivity index (χ1n) is 12.2. The minimum atomic E-state index is -0.447. The number of aliphatic hydroxyl groups is 2. The van der Waals surface area contributed by atoms with Gasteiger partial charge in [-0.1, -0.05) is 84.5 Å². The van der Waals surface area contributed by atoms with Gasteiger partial charge in [0, 0.05) is 11.8 Å². The minimum absolute atomic E-state index is 0.0170. The molecule has 0 aliphatic heterocycles. The van der Waals surface area contributed by atoms with Crippen LogP contribution in [0.2, 0.25) is 0 Å². The molecular weight excluding hydrogens is 424 g/mol. The summed E-state index contributed by atoms with van der Waals surface area (Å²) in [5.74, 6) is 0.819. The summed E-state index contributed by atoms with van der Waals surface area (Å²) in [6.07, 6.45) is 10.8. The molecule has 2 N–H and O–H groups in total. The van der Waals surface area contributed by atoms with Crippen molar-refractivity contribution in [2.75, 3.05) is 19.8 Å². The van der Waals surface area contributed by atoms with Crippen molar-refractivity contribution in [2.45, 2.75) is 57.8 Å². The zero-order valence-electron chi connectivity index (χ0n) is 20.7. The molecule has 5 atom stereocenters. The molecule has 0 radical (unpaired) electrons. The third-order valence-corrected chi connectivity index (χ3v) is 6.14. The first-order valence-corrected chi connectivity index (χ1v) is 12.2. The molecule has 0 fully saturated rings. The Labute approximate surface area is 204 Å². The fourth-order valence-electron chi connectivity index (χ4n) is 4.34. The lowest BCUT2D eigenvalue weighted by Crippen LogP contribution is -2.24. The molecule has 4 rings (SSSR count). The number of hydrogen-bond acceptors (Lipinski definition) is 4. The number of fused-ring (bicyclic) bond motifs is 2. The molecule has 4 nitrogen and oxygen atoms in total. The Balaban J connectivity index is 0.000000218. The van der Waals surface area contributed by atoms with Gasteiger partial charge in [-0.3, -0.25) is 0 Å². The molecule has 0 amide bonds. The van der Waals surface area contributed by atoms with Crippen LogP contribution in [0.25, 0.3) is 12.2 Å². The molecule has 0 heterocycles. The van der Waals surface area contributed by atoms with Gasteiger partial charge < -0.3 is 19.7 Å². The lowest BCUT2D eigenvalue weighted by Gasteiger charge is -2.22. The van der Waals surface area contributed by atoms with E-state index in [1.54, 1.807) is 13.8 Å². The fraction of sp³-hybridized carbons (Fsp3) is 0.400. The molecule has 2 aliphatic rings. The molecule has 5 unspecified atom stereocenters. The first-order chi connectivity index (χ1) is 16.4. The van der Waals surface area contributed by atoms with Crippen LogP contribution in [0.3, 0.4) is 0 Å². The summed E-state index contributed by atoms with van der Waals surface area (Å²) in [6.45, 7) is 8.27. The SMILES string of the molecule is CC(O)COC(C)COC(C)CO.CC=C(C1C=Cc2ccccc21)C1C=Cc2ccccc21. The first kappa shape index (κ1) is 26.1. The summed E-state index contributed by atoms with van der Waals surface area (Å²) >= 11 is 0. The third kappa shape index (κ3) is 6.77. The van der Waals surface area contributed by atoms with Crippen molar-refractivity contribution in [1.29, 1.82) is 0 Å². The van der Waals surface area contributed by atoms with Gasteiger partial charge in [0.25, 0.3) is 0 Å². The molecular formula is C30H38O4. The molecule has 0 aromatic heterocycles. The number of aliphatic hydroxyl groups excluding tert-OH is 2. The highest BCUT2D eigenvalue weighted by Crippen LogP contribution is 2.45. The van der Waals surface area contributed by atoms with Crippen LogP contribution >= 0.6 is 0 Å². The predicted octanol–water partition coefficient (Wildman–Crippen LogP) is 5.72. The molecule has 0 bridgehead atoms. The summed E-state index contributed by atoms with van der Waals surface area (Å²) in [5, 5.41) is 17.6. The maximum Gasteiger partial charge on any atom is 0.0781 e. The minimum Gasteiger partial charge on any atom is -0.394 e. The summed E-state index contributed by atoms with van der Waals surface area (Å²) in [7, 11) is 0. The van der Waals surface area contributed by atoms with E-state index in [4.69, 9.17) is 19.7 Å². The number of allylic oxidation sites excluding steroid dienone is 4. The lowest BCUT2D eigenvalue weighted by molar-refractivity contribution is -0.0620. The van der Waals surface area contributed by atoms with E-state index in [0.717, 1.165) is 0 Å². The van der Waals surface area contributed by atoms with E-state index in [9.17, 15) is 0 Å². The van der Waals surface area contributed by atoms with Crippen LogP contribution in [-0.4, -0.2) is 48.3 Å². The summed E-state index contributed by atoms with van der Waals surface area (Å²) in [4.78, 5) is 0. The standard InChI is InChI=1S/C21H18.C9H20O4/c1-2-17(20-13-11-15-7-3-5-9-18(15)20)21-14-12-16-8-4-6-10-19(16)21;1-7(11)5-12-9(3)6-13-8(2)4-10/h2-14,20-21H,1H3;7-11H,4-6H2,1-3H3. The van der Waals surface area contributed by atoms with E-state index in [1.165, 1.54) is 27.8 Å². The second-order valence-corrected chi connectivity index (χ2v) is 9.04. The molecule has 34 heavy (non-hydrogen) atoms. The Hall–Kier alpha value is -2.50. The highest BCUT2D eigenvalue weighted by atomic mass is 16.5. The van der Waals surface area contributed by atoms with Crippen LogP contribution in [0.4, 0.5) is 0 Å². The van der Waals surface area contributed by atoms with Crippen molar-refractivity contribution in [3.63, 3.8) is 0 Å². The van der Waals surface area contributed by atoms with Crippen LogP contribution in [0, 0.1) is 0 Å². The van der Waals surface area contributed by atoms with Crippen molar-refractivity contribution in [3.8, 4) is 0 Å². The van der Waals surface area contributed by atoms with Gasteiger partial charge in [0.2, 0.25) is 0 Å². The molecule has 2 aromatic carbocycles. The van der Waals surface area contributed by atoms with E-state index in [2.05, 4.69) is 85.8 Å². The summed E-state index contributed by atoms with van der Waals surface area (Å²) < 4.78 is 10.5. The Bertz CT molecular complexity index is 941. The van der Waals surface area contributed by atoms with Crippen molar-refractivity contribution in [3.05, 3.63) is 94.6 Å². The maximum atomic E-state index is 8.92. The Morgan fingerprint density at radius 3 is 1.79 bits per heavy atom. The molecule has 2 aromatic rings. The highest BCUT2D eigenvalue weighted by molar-refractivity contribution is 5.69. The lowest BCUT2D eigenvalue weighted by atomic mass is 9.82. The Morgan fingerprint density at radius 1 is 0.824 bits per heavy atom. The maximum absolute atomic E-state index is 8.92. The highest BCUT2D eigenvalue weighted by Gasteiger charge is 2.28. The normalized spacial score (nSPS) is 20.1. The second kappa shape index (κ2) is 12.8. The Morgan fingerprint density at radius 2 is 1.32 bits per heavy atom. The predicted molar refractivity (Wildman–Crippen MR) is 140 cm³/mol. The van der Waals surface area contributed by atoms with E-state index in [1.807, 2.05) is 6.92 Å². The zero-order valence-corrected chi connectivity index (χ0v) is 20.7. The summed E-state index contributed by atoms with van der Waals surface area (Å²) in [5.41, 5.74) is 7.07. The van der Waals surface area contributed by atoms with Crippen LogP contribution in [0.5, 0.6) is 0 Å². The van der Waals surface area contributed by atoms with Gasteiger partial charge in [-0.25, -0.2) is 0 Å². The molecule has 4 heteroatoms. The van der Waals surface area contributed by atoms with E-state index >= 15 is 0 Å². The topological polar surface area (TPSA) is 58.9 Å². The van der Waals surface area contributed by atoms with Crippen LogP contribution in [-0.2, 0) is 9.47 Å². The van der Waals surface area contributed by atoms with Crippen LogP contribution in [0.15, 0.2) is 72.3 Å². The van der Waals surface area contributed by atoms with Gasteiger partial charge in [-0.05, 0) is 49.9 Å². The molecule has 2 aliphatic carbocycles. The number of rotatable bonds is 9. The number of hydrogen-bond donors (Lipinski definition) is 2. The van der Waals surface area contributed by atoms with E-state index < -0.39 is 6.10 Å². The monoisotopic (exact) mass is 462 g/mol. The van der Waals surface area contributed by atoms with E-state index in [0.29, 0.717) is 25.0 Å². The molecule has 0 saturated carbocycles. The van der Waals surface area contributed by atoms with Gasteiger partial charge in [0.05, 0.1) is 38.1 Å². The zero-order chi connectivity index (χ0) is 24.5. The number of benzene rings is 2. The average molecular weight is 463 g/mol. The fourth-order valence-corrected chi connectivity index (χ4v) is 4.34. The van der Waals surface area contributed by atoms with Crippen molar-refractivity contribution in [2.24, 2.45) is 0 Å². The third-order valence-electron chi connectivity index (χ3n) is 6.14. The van der Waals surface area contributed by atoms with E-state index in [-0.39, 0.29) is 18.8 Å². The largest absolute Gasteiger partial charge is 0.394 e. The van der Waals surface area contributed by atoms with Crippen molar-refractivity contribution < 1.29 is 19.7 Å². The van der Waals surface area contributed by atoms with Gasteiger partial charge in [0.1, 0.15) is 0 Å². The number of ether oxygens (including phenoxy) is 2. The molecule has 182 valence electrons. The smallest absolute Gasteiger partial charge is 0.0781 e. The van der Waals surface area contributed by atoms with Gasteiger partial charge in [-0.2, -0.15) is 0 Å². The van der Waals surface area contributed by atoms with Gasteiger partial charge >= 0.3 is 0 Å². The van der Waals surface area contributed by atoms with Crippen LogP contribution < -0.4 is 0 Å². The van der Waals surface area contributed by atoms with Gasteiger partial charge in [0.15, 0.2) is 0 Å². The Kier molecular flexibility index (Phi) is 9.85. The van der Waals surface area contributed by atoms with Crippen molar-refractivity contribution in [1.82, 2.24) is 0 Å². The second-order valence-electron chi connectivity index (χ2n) is 9.04.